The van der Waals surface area contributed by atoms with E-state index in [4.69, 9.17) is 4.74 Å². The molecule has 2 aromatic rings. The fourth-order valence-corrected chi connectivity index (χ4v) is 1.75. The molecule has 0 saturated heterocycles. The summed E-state index contributed by atoms with van der Waals surface area (Å²) in [6.45, 7) is 4.08. The van der Waals surface area contributed by atoms with Gasteiger partial charge in [0.15, 0.2) is 0 Å². The fraction of sp³-hybridized carbons (Fsp3) is 0.214. The molecule has 17 heavy (non-hydrogen) atoms. The SMILES string of the molecule is CCOC(=O)n1cc(-c2ccccc2)cc1C. The van der Waals surface area contributed by atoms with E-state index < -0.39 is 0 Å². The van der Waals surface area contributed by atoms with Crippen molar-refractivity contribution in [3.63, 3.8) is 0 Å². The van der Waals surface area contributed by atoms with Crippen LogP contribution in [0.4, 0.5) is 4.79 Å². The number of aryl methyl sites for hydroxylation is 1. The highest BCUT2D eigenvalue weighted by Gasteiger charge is 2.10. The molecule has 0 fully saturated rings. The van der Waals surface area contributed by atoms with Crippen LogP contribution in [-0.2, 0) is 4.74 Å². The second-order valence-electron chi connectivity index (χ2n) is 3.81. The molecule has 0 saturated carbocycles. The fourth-order valence-electron chi connectivity index (χ4n) is 1.75. The van der Waals surface area contributed by atoms with Gasteiger partial charge in [-0.2, -0.15) is 0 Å². The summed E-state index contributed by atoms with van der Waals surface area (Å²) in [6, 6.07) is 11.9. The lowest BCUT2D eigenvalue weighted by atomic mass is 10.1. The predicted molar refractivity (Wildman–Crippen MR) is 67.0 cm³/mol. The van der Waals surface area contributed by atoms with Crippen LogP contribution in [0.5, 0.6) is 0 Å². The maximum absolute atomic E-state index is 11.7. The summed E-state index contributed by atoms with van der Waals surface area (Å²) in [4.78, 5) is 11.7. The quantitative estimate of drug-likeness (QED) is 0.789. The molecule has 3 heteroatoms. The first-order valence-electron chi connectivity index (χ1n) is 5.64. The summed E-state index contributed by atoms with van der Waals surface area (Å²) in [7, 11) is 0. The molecule has 1 aromatic carbocycles. The molecule has 1 aromatic heterocycles. The van der Waals surface area contributed by atoms with Gasteiger partial charge in [-0.1, -0.05) is 30.3 Å². The highest BCUT2D eigenvalue weighted by Crippen LogP contribution is 2.21. The summed E-state index contributed by atoms with van der Waals surface area (Å²) in [5.41, 5.74) is 3.00. The second-order valence-corrected chi connectivity index (χ2v) is 3.81. The molecule has 0 aliphatic rings. The zero-order valence-corrected chi connectivity index (χ0v) is 10.0. The zero-order valence-electron chi connectivity index (χ0n) is 10.0. The van der Waals surface area contributed by atoms with Gasteiger partial charge in [0, 0.05) is 17.5 Å². The highest BCUT2D eigenvalue weighted by atomic mass is 16.5. The molecule has 0 atom stereocenters. The number of hydrogen-bond donors (Lipinski definition) is 0. The van der Waals surface area contributed by atoms with Crippen molar-refractivity contribution in [3.8, 4) is 11.1 Å². The van der Waals surface area contributed by atoms with Crippen LogP contribution in [-0.4, -0.2) is 17.3 Å². The molecular weight excluding hydrogens is 214 g/mol. The monoisotopic (exact) mass is 229 g/mol. The Hall–Kier alpha value is -2.03. The lowest BCUT2D eigenvalue weighted by molar-refractivity contribution is 0.153. The van der Waals surface area contributed by atoms with E-state index in [1.54, 1.807) is 6.92 Å². The lowest BCUT2D eigenvalue weighted by Crippen LogP contribution is -2.13. The van der Waals surface area contributed by atoms with Gasteiger partial charge in [-0.3, -0.25) is 4.57 Å². The van der Waals surface area contributed by atoms with Crippen molar-refractivity contribution in [2.45, 2.75) is 13.8 Å². The van der Waals surface area contributed by atoms with E-state index in [-0.39, 0.29) is 6.09 Å². The van der Waals surface area contributed by atoms with Crippen LogP contribution >= 0.6 is 0 Å². The van der Waals surface area contributed by atoms with Gasteiger partial charge in [0.2, 0.25) is 0 Å². The molecule has 0 spiro atoms. The van der Waals surface area contributed by atoms with Crippen LogP contribution < -0.4 is 0 Å². The van der Waals surface area contributed by atoms with Gasteiger partial charge in [-0.05, 0) is 25.5 Å². The van der Waals surface area contributed by atoms with Crippen LogP contribution in [0.15, 0.2) is 42.6 Å². The Balaban J connectivity index is 2.34. The van der Waals surface area contributed by atoms with Gasteiger partial charge < -0.3 is 4.74 Å². The summed E-state index contributed by atoms with van der Waals surface area (Å²) in [5, 5.41) is 0. The van der Waals surface area contributed by atoms with E-state index in [1.807, 2.05) is 49.5 Å². The van der Waals surface area contributed by atoms with Crippen molar-refractivity contribution in [1.29, 1.82) is 0 Å². The summed E-state index contributed by atoms with van der Waals surface area (Å²) in [6.07, 6.45) is 1.48. The molecule has 3 nitrogen and oxygen atoms in total. The number of benzene rings is 1. The third-order valence-corrected chi connectivity index (χ3v) is 2.58. The third kappa shape index (κ3) is 2.38. The van der Waals surface area contributed by atoms with E-state index in [9.17, 15) is 4.79 Å². The Morgan fingerprint density at radius 1 is 1.24 bits per heavy atom. The largest absolute Gasteiger partial charge is 0.449 e. The van der Waals surface area contributed by atoms with E-state index >= 15 is 0 Å². The standard InChI is InChI=1S/C14H15NO2/c1-3-17-14(16)15-10-13(9-11(15)2)12-7-5-4-6-8-12/h4-10H,3H2,1-2H3. The summed E-state index contributed by atoms with van der Waals surface area (Å²) >= 11 is 0. The average Bonchev–Trinajstić information content (AvgIpc) is 2.73. The normalized spacial score (nSPS) is 10.2. The van der Waals surface area contributed by atoms with Crippen LogP contribution in [0.25, 0.3) is 11.1 Å². The van der Waals surface area contributed by atoms with Crippen LogP contribution in [0.1, 0.15) is 12.6 Å². The Morgan fingerprint density at radius 3 is 2.59 bits per heavy atom. The molecule has 0 unspecified atom stereocenters. The van der Waals surface area contributed by atoms with Crippen LogP contribution in [0.2, 0.25) is 0 Å². The van der Waals surface area contributed by atoms with Gasteiger partial charge in [-0.15, -0.1) is 0 Å². The molecule has 0 bridgehead atoms. The van der Waals surface area contributed by atoms with Crippen molar-refractivity contribution in [2.24, 2.45) is 0 Å². The minimum absolute atomic E-state index is 0.327. The molecule has 88 valence electrons. The Bertz CT molecular complexity index is 514. The smallest absolute Gasteiger partial charge is 0.418 e. The van der Waals surface area contributed by atoms with E-state index in [1.165, 1.54) is 4.57 Å². The van der Waals surface area contributed by atoms with Crippen molar-refractivity contribution in [3.05, 3.63) is 48.3 Å². The maximum atomic E-state index is 11.7. The minimum atomic E-state index is -0.327. The van der Waals surface area contributed by atoms with Gasteiger partial charge >= 0.3 is 6.09 Å². The molecule has 2 rings (SSSR count). The zero-order chi connectivity index (χ0) is 12.3. The molecule has 1 heterocycles. The van der Waals surface area contributed by atoms with Gasteiger partial charge in [0.05, 0.1) is 6.61 Å². The summed E-state index contributed by atoms with van der Waals surface area (Å²) < 4.78 is 6.52. The molecule has 0 aliphatic carbocycles. The first kappa shape index (κ1) is 11.5. The Morgan fingerprint density at radius 2 is 1.94 bits per heavy atom. The number of nitrogens with zero attached hydrogens (tertiary/aromatic N) is 1. The number of hydrogen-bond acceptors (Lipinski definition) is 2. The molecule has 0 aliphatic heterocycles. The number of rotatable bonds is 2. The second kappa shape index (κ2) is 4.87. The van der Waals surface area contributed by atoms with E-state index in [0.717, 1.165) is 16.8 Å². The number of carbonyl (C=O) groups is 1. The molecule has 0 amide bonds. The first-order chi connectivity index (χ1) is 8.22. The van der Waals surface area contributed by atoms with Gasteiger partial charge in [0.25, 0.3) is 0 Å². The van der Waals surface area contributed by atoms with Crippen LogP contribution in [0.3, 0.4) is 0 Å². The molecule has 0 radical (unpaired) electrons. The van der Waals surface area contributed by atoms with Gasteiger partial charge in [0.1, 0.15) is 0 Å². The van der Waals surface area contributed by atoms with Gasteiger partial charge in [-0.25, -0.2) is 4.79 Å². The van der Waals surface area contributed by atoms with E-state index in [2.05, 4.69) is 0 Å². The molecular formula is C14H15NO2. The predicted octanol–water partition coefficient (Wildman–Crippen LogP) is 3.47. The molecule has 0 N–H and O–H groups in total. The third-order valence-electron chi connectivity index (χ3n) is 2.58. The lowest BCUT2D eigenvalue weighted by Gasteiger charge is -2.03. The highest BCUT2D eigenvalue weighted by molar-refractivity contribution is 5.75. The van der Waals surface area contributed by atoms with Crippen molar-refractivity contribution >= 4 is 6.09 Å². The summed E-state index contributed by atoms with van der Waals surface area (Å²) in [5.74, 6) is 0. The van der Waals surface area contributed by atoms with Crippen LogP contribution in [0, 0.1) is 6.92 Å². The number of carbonyl (C=O) groups excluding carboxylic acids is 1. The number of aromatic nitrogens is 1. The van der Waals surface area contributed by atoms with Crippen molar-refractivity contribution in [1.82, 2.24) is 4.57 Å². The Kier molecular flexibility index (Phi) is 3.28. The minimum Gasteiger partial charge on any atom is -0.449 e. The topological polar surface area (TPSA) is 31.2 Å². The van der Waals surface area contributed by atoms with Crippen molar-refractivity contribution in [2.75, 3.05) is 6.61 Å². The maximum Gasteiger partial charge on any atom is 0.418 e. The first-order valence-corrected chi connectivity index (χ1v) is 5.64. The van der Waals surface area contributed by atoms with Crippen molar-refractivity contribution < 1.29 is 9.53 Å². The Labute approximate surface area is 101 Å². The average molecular weight is 229 g/mol. The number of ether oxygens (including phenoxy) is 1. The van der Waals surface area contributed by atoms with E-state index in [0.29, 0.717) is 6.61 Å².